The molecule has 0 bridgehead atoms. The van der Waals surface area contributed by atoms with Gasteiger partial charge in [-0.15, -0.1) is 6.58 Å². The van der Waals surface area contributed by atoms with Crippen LogP contribution in [0.1, 0.15) is 25.3 Å². The van der Waals surface area contributed by atoms with Crippen molar-refractivity contribution in [2.45, 2.75) is 26.2 Å². The van der Waals surface area contributed by atoms with Gasteiger partial charge in [0.25, 0.3) is 0 Å². The Labute approximate surface area is 108 Å². The monoisotopic (exact) mass is 248 g/mol. The standard InChI is InChI=1S/C15H20O3/c1-11(2)7-8-13(15(16)17)9-12-5-4-6-14(10-12)18-3/h4-6,10,13H,1,7-9H2,2-3H3,(H,16,17). The quantitative estimate of drug-likeness (QED) is 0.753. The number of ether oxygens (including phenoxy) is 1. The molecule has 1 rings (SSSR count). The molecule has 1 N–H and O–H groups in total. The Morgan fingerprint density at radius 1 is 1.50 bits per heavy atom. The molecule has 3 nitrogen and oxygen atoms in total. The van der Waals surface area contributed by atoms with Crippen LogP contribution in [0.15, 0.2) is 36.4 Å². The maximum Gasteiger partial charge on any atom is 0.306 e. The van der Waals surface area contributed by atoms with Gasteiger partial charge in [0.05, 0.1) is 13.0 Å². The van der Waals surface area contributed by atoms with Gasteiger partial charge < -0.3 is 9.84 Å². The van der Waals surface area contributed by atoms with Gasteiger partial charge in [0.1, 0.15) is 5.75 Å². The number of carboxylic acid groups (broad SMARTS) is 1. The third-order valence-electron chi connectivity index (χ3n) is 2.89. The van der Waals surface area contributed by atoms with Crippen molar-refractivity contribution in [3.8, 4) is 5.75 Å². The van der Waals surface area contributed by atoms with Crippen LogP contribution in [0.4, 0.5) is 0 Å². The fourth-order valence-corrected chi connectivity index (χ4v) is 1.82. The highest BCUT2D eigenvalue weighted by Crippen LogP contribution is 2.20. The van der Waals surface area contributed by atoms with Crippen molar-refractivity contribution in [1.82, 2.24) is 0 Å². The number of aliphatic carboxylic acids is 1. The summed E-state index contributed by atoms with van der Waals surface area (Å²) in [6, 6.07) is 7.55. The van der Waals surface area contributed by atoms with Crippen molar-refractivity contribution in [2.24, 2.45) is 5.92 Å². The number of carbonyl (C=O) groups is 1. The second-order valence-corrected chi connectivity index (χ2v) is 4.59. The van der Waals surface area contributed by atoms with Crippen molar-refractivity contribution in [2.75, 3.05) is 7.11 Å². The molecule has 0 aliphatic heterocycles. The number of carboxylic acids is 1. The molecule has 1 aromatic rings. The van der Waals surface area contributed by atoms with Crippen LogP contribution in [0.2, 0.25) is 0 Å². The lowest BCUT2D eigenvalue weighted by atomic mass is 9.93. The predicted molar refractivity (Wildman–Crippen MR) is 71.9 cm³/mol. The van der Waals surface area contributed by atoms with E-state index >= 15 is 0 Å². The maximum atomic E-state index is 11.2. The summed E-state index contributed by atoms with van der Waals surface area (Å²) in [6.07, 6.45) is 1.91. The van der Waals surface area contributed by atoms with Crippen LogP contribution in [-0.2, 0) is 11.2 Å². The number of hydrogen-bond acceptors (Lipinski definition) is 2. The highest BCUT2D eigenvalue weighted by molar-refractivity contribution is 5.70. The topological polar surface area (TPSA) is 46.5 Å². The maximum absolute atomic E-state index is 11.2. The first kappa shape index (κ1) is 14.3. The second kappa shape index (κ2) is 6.84. The van der Waals surface area contributed by atoms with E-state index in [1.54, 1.807) is 7.11 Å². The number of hydrogen-bond donors (Lipinski definition) is 1. The molecule has 0 fully saturated rings. The van der Waals surface area contributed by atoms with Gasteiger partial charge in [-0.25, -0.2) is 0 Å². The summed E-state index contributed by atoms with van der Waals surface area (Å²) in [5.74, 6) is -0.357. The molecule has 0 amide bonds. The largest absolute Gasteiger partial charge is 0.497 e. The molecule has 1 unspecified atom stereocenters. The van der Waals surface area contributed by atoms with Crippen LogP contribution in [-0.4, -0.2) is 18.2 Å². The van der Waals surface area contributed by atoms with E-state index in [1.807, 2.05) is 31.2 Å². The third kappa shape index (κ3) is 4.62. The normalized spacial score (nSPS) is 11.9. The molecule has 0 radical (unpaired) electrons. The van der Waals surface area contributed by atoms with Gasteiger partial charge in [0.15, 0.2) is 0 Å². The van der Waals surface area contributed by atoms with Crippen molar-refractivity contribution >= 4 is 5.97 Å². The summed E-state index contributed by atoms with van der Waals surface area (Å²) >= 11 is 0. The van der Waals surface area contributed by atoms with E-state index in [0.717, 1.165) is 23.3 Å². The van der Waals surface area contributed by atoms with E-state index in [2.05, 4.69) is 6.58 Å². The predicted octanol–water partition coefficient (Wildman–Crippen LogP) is 3.29. The molecule has 0 saturated heterocycles. The van der Waals surface area contributed by atoms with Gasteiger partial charge in [-0.05, 0) is 43.9 Å². The zero-order valence-corrected chi connectivity index (χ0v) is 11.0. The first-order chi connectivity index (χ1) is 8.52. The second-order valence-electron chi connectivity index (χ2n) is 4.59. The van der Waals surface area contributed by atoms with Crippen molar-refractivity contribution in [3.63, 3.8) is 0 Å². The fraction of sp³-hybridized carbons (Fsp3) is 0.400. The molecular formula is C15H20O3. The number of allylic oxidation sites excluding steroid dienone is 1. The molecular weight excluding hydrogens is 228 g/mol. The molecule has 0 aromatic heterocycles. The van der Waals surface area contributed by atoms with Gasteiger partial charge in [0, 0.05) is 0 Å². The van der Waals surface area contributed by atoms with E-state index in [4.69, 9.17) is 4.74 Å². The van der Waals surface area contributed by atoms with Crippen LogP contribution >= 0.6 is 0 Å². The highest BCUT2D eigenvalue weighted by Gasteiger charge is 2.17. The Morgan fingerprint density at radius 2 is 2.22 bits per heavy atom. The molecule has 0 heterocycles. The molecule has 1 aromatic carbocycles. The van der Waals surface area contributed by atoms with Gasteiger partial charge in [0.2, 0.25) is 0 Å². The Hall–Kier alpha value is -1.77. The molecule has 18 heavy (non-hydrogen) atoms. The molecule has 98 valence electrons. The van der Waals surface area contributed by atoms with Gasteiger partial charge in [-0.2, -0.15) is 0 Å². The van der Waals surface area contributed by atoms with E-state index in [0.29, 0.717) is 12.8 Å². The van der Waals surface area contributed by atoms with Crippen LogP contribution < -0.4 is 4.74 Å². The third-order valence-corrected chi connectivity index (χ3v) is 2.89. The minimum Gasteiger partial charge on any atom is -0.497 e. The zero-order chi connectivity index (χ0) is 13.5. The summed E-state index contributed by atoms with van der Waals surface area (Å²) in [6.45, 7) is 5.73. The van der Waals surface area contributed by atoms with E-state index in [9.17, 15) is 9.90 Å². The summed E-state index contributed by atoms with van der Waals surface area (Å²) in [5.41, 5.74) is 2.01. The van der Waals surface area contributed by atoms with Crippen LogP contribution in [0.5, 0.6) is 5.75 Å². The Kier molecular flexibility index (Phi) is 5.43. The Balaban J connectivity index is 2.70. The lowest BCUT2D eigenvalue weighted by Gasteiger charge is -2.13. The molecule has 1 atom stereocenters. The molecule has 0 saturated carbocycles. The lowest BCUT2D eigenvalue weighted by Crippen LogP contribution is -2.16. The number of benzene rings is 1. The van der Waals surface area contributed by atoms with Gasteiger partial charge >= 0.3 is 5.97 Å². The van der Waals surface area contributed by atoms with E-state index < -0.39 is 5.97 Å². The fourth-order valence-electron chi connectivity index (χ4n) is 1.82. The SMILES string of the molecule is C=C(C)CCC(Cc1cccc(OC)c1)C(=O)O. The average Bonchev–Trinajstić information content (AvgIpc) is 2.34. The van der Waals surface area contributed by atoms with Crippen molar-refractivity contribution in [1.29, 1.82) is 0 Å². The van der Waals surface area contributed by atoms with Crippen molar-refractivity contribution < 1.29 is 14.6 Å². The molecule has 0 spiro atoms. The van der Waals surface area contributed by atoms with E-state index in [-0.39, 0.29) is 5.92 Å². The van der Waals surface area contributed by atoms with Crippen LogP contribution in [0.25, 0.3) is 0 Å². The average molecular weight is 248 g/mol. The molecule has 3 heteroatoms. The Morgan fingerprint density at radius 3 is 2.78 bits per heavy atom. The van der Waals surface area contributed by atoms with Crippen LogP contribution in [0, 0.1) is 5.92 Å². The summed E-state index contributed by atoms with van der Waals surface area (Å²) < 4.78 is 5.13. The first-order valence-electron chi connectivity index (χ1n) is 6.03. The van der Waals surface area contributed by atoms with Crippen LogP contribution in [0.3, 0.4) is 0 Å². The minimum atomic E-state index is -0.751. The summed E-state index contributed by atoms with van der Waals surface area (Å²) in [5, 5.41) is 9.21. The van der Waals surface area contributed by atoms with Crippen molar-refractivity contribution in [3.05, 3.63) is 42.0 Å². The smallest absolute Gasteiger partial charge is 0.306 e. The number of rotatable bonds is 7. The molecule has 0 aliphatic rings. The summed E-state index contributed by atoms with van der Waals surface area (Å²) in [4.78, 5) is 11.2. The lowest BCUT2D eigenvalue weighted by molar-refractivity contribution is -0.141. The zero-order valence-electron chi connectivity index (χ0n) is 11.0. The van der Waals surface area contributed by atoms with Gasteiger partial charge in [-0.1, -0.05) is 17.7 Å². The first-order valence-corrected chi connectivity index (χ1v) is 6.03. The van der Waals surface area contributed by atoms with E-state index in [1.165, 1.54) is 0 Å². The molecule has 0 aliphatic carbocycles. The highest BCUT2D eigenvalue weighted by atomic mass is 16.5. The Bertz CT molecular complexity index is 424. The summed E-state index contributed by atoms with van der Waals surface area (Å²) in [7, 11) is 1.61. The number of methoxy groups -OCH3 is 1. The van der Waals surface area contributed by atoms with Gasteiger partial charge in [-0.3, -0.25) is 4.79 Å². The minimum absolute atomic E-state index is 0.367.